The van der Waals surface area contributed by atoms with E-state index in [1.54, 1.807) is 30.3 Å². The first kappa shape index (κ1) is 13.4. The number of halogens is 1. The zero-order chi connectivity index (χ0) is 13.5. The van der Waals surface area contributed by atoms with Crippen LogP contribution in [-0.2, 0) is 0 Å². The second kappa shape index (κ2) is 6.15. The van der Waals surface area contributed by atoms with Gasteiger partial charge >= 0.3 is 0 Å². The van der Waals surface area contributed by atoms with Gasteiger partial charge < -0.3 is 0 Å². The van der Waals surface area contributed by atoms with Gasteiger partial charge in [-0.2, -0.15) is 20.3 Å². The average molecular weight is 258 g/mol. The van der Waals surface area contributed by atoms with Crippen molar-refractivity contribution in [2.45, 2.75) is 6.92 Å². The van der Waals surface area contributed by atoms with Crippen molar-refractivity contribution in [3.05, 3.63) is 41.1 Å². The van der Waals surface area contributed by atoms with E-state index in [4.69, 9.17) is 27.6 Å². The molecule has 0 saturated heterocycles. The Bertz CT molecular complexity index is 584. The Kier molecular flexibility index (Phi) is 4.58. The van der Waals surface area contributed by atoms with Crippen molar-refractivity contribution in [2.75, 3.05) is 4.53 Å². The zero-order valence-electron chi connectivity index (χ0n) is 9.48. The summed E-state index contributed by atoms with van der Waals surface area (Å²) in [6.45, 7) is 1.82. The molecule has 0 fully saturated rings. The Balaban J connectivity index is 2.90. The van der Waals surface area contributed by atoms with Gasteiger partial charge in [0.2, 0.25) is 0 Å². The number of hydrogen-bond acceptors (Lipinski definition) is 5. The van der Waals surface area contributed by atoms with Gasteiger partial charge in [0, 0.05) is 18.0 Å². The summed E-state index contributed by atoms with van der Waals surface area (Å²) in [5.41, 5.74) is 4.33. The number of nitrogens with zero attached hydrogens (tertiary/aromatic N) is 4. The van der Waals surface area contributed by atoms with Gasteiger partial charge in [-0.25, -0.2) is 0 Å². The summed E-state index contributed by atoms with van der Waals surface area (Å²) < 4.78 is 1.09. The molecule has 1 rings (SSSR count). The van der Waals surface area contributed by atoms with Crippen LogP contribution in [0.1, 0.15) is 11.1 Å². The molecule has 0 heterocycles. The molecular weight excluding hydrogens is 250 g/mol. The standard InChI is InChI=1S/C12H8ClN5/c1-9-2-3-12(4-11(9)7-16)18(13)17-8-10(5-14)6-15/h2-4,8,17H,1H3. The molecule has 0 aromatic heterocycles. The zero-order valence-corrected chi connectivity index (χ0v) is 10.2. The molecule has 0 amide bonds. The summed E-state index contributed by atoms with van der Waals surface area (Å²) in [5.74, 6) is 0. The molecule has 1 N–H and O–H groups in total. The number of nitrogens with one attached hydrogen (secondary N) is 1. The molecule has 0 aliphatic carbocycles. The van der Waals surface area contributed by atoms with E-state index >= 15 is 0 Å². The van der Waals surface area contributed by atoms with E-state index in [1.807, 2.05) is 13.0 Å². The van der Waals surface area contributed by atoms with Crippen LogP contribution in [0.3, 0.4) is 0 Å². The molecule has 0 spiro atoms. The van der Waals surface area contributed by atoms with Gasteiger partial charge in [0.05, 0.1) is 17.3 Å². The Hall–Kier alpha value is -2.68. The molecule has 5 nitrogen and oxygen atoms in total. The molecule has 0 radical (unpaired) electrons. The van der Waals surface area contributed by atoms with E-state index in [2.05, 4.69) is 5.43 Å². The molecule has 18 heavy (non-hydrogen) atoms. The van der Waals surface area contributed by atoms with Crippen molar-refractivity contribution in [1.82, 2.24) is 5.43 Å². The van der Waals surface area contributed by atoms with Gasteiger partial charge in [0.1, 0.15) is 17.7 Å². The largest absolute Gasteiger partial charge is 0.289 e. The third-order valence-corrected chi connectivity index (χ3v) is 2.42. The monoisotopic (exact) mass is 257 g/mol. The molecule has 88 valence electrons. The van der Waals surface area contributed by atoms with Gasteiger partial charge in [-0.1, -0.05) is 6.07 Å². The second-order valence-corrected chi connectivity index (χ2v) is 3.64. The first-order valence-electron chi connectivity index (χ1n) is 4.85. The third-order valence-electron chi connectivity index (χ3n) is 2.13. The molecule has 0 aliphatic rings. The SMILES string of the molecule is Cc1ccc(N(Cl)NC=C(C#N)C#N)cc1C#N. The van der Waals surface area contributed by atoms with E-state index in [1.165, 1.54) is 6.20 Å². The summed E-state index contributed by atoms with van der Waals surface area (Å²) in [4.78, 5) is 0. The molecule has 0 saturated carbocycles. The molecule has 0 unspecified atom stereocenters. The molecule has 0 atom stereocenters. The fraction of sp³-hybridized carbons (Fsp3) is 0.0833. The van der Waals surface area contributed by atoms with Crippen LogP contribution in [0.25, 0.3) is 0 Å². The lowest BCUT2D eigenvalue weighted by Crippen LogP contribution is -2.24. The average Bonchev–Trinajstić information content (AvgIpc) is 2.40. The maximum absolute atomic E-state index is 8.89. The lowest BCUT2D eigenvalue weighted by Gasteiger charge is -2.15. The quantitative estimate of drug-likeness (QED) is 0.510. The fourth-order valence-electron chi connectivity index (χ4n) is 1.14. The molecule has 6 heteroatoms. The highest BCUT2D eigenvalue weighted by Crippen LogP contribution is 2.19. The maximum atomic E-state index is 8.89. The number of hydrazine groups is 1. The molecule has 0 aliphatic heterocycles. The minimum Gasteiger partial charge on any atom is -0.289 e. The van der Waals surface area contributed by atoms with E-state index in [0.717, 1.165) is 10.1 Å². The predicted octanol–water partition coefficient (Wildman–Crippen LogP) is 2.26. The van der Waals surface area contributed by atoms with Crippen LogP contribution in [0.15, 0.2) is 30.0 Å². The van der Waals surface area contributed by atoms with Crippen molar-refractivity contribution >= 4 is 17.5 Å². The van der Waals surface area contributed by atoms with Crippen molar-refractivity contribution < 1.29 is 0 Å². The minimum absolute atomic E-state index is 0.103. The number of aryl methyl sites for hydroxylation is 1. The van der Waals surface area contributed by atoms with E-state index in [0.29, 0.717) is 11.3 Å². The third kappa shape index (κ3) is 3.15. The minimum atomic E-state index is -0.103. The second-order valence-electron chi connectivity index (χ2n) is 3.30. The lowest BCUT2D eigenvalue weighted by molar-refractivity contribution is 0.945. The number of benzene rings is 1. The highest BCUT2D eigenvalue weighted by Gasteiger charge is 2.05. The van der Waals surface area contributed by atoms with Crippen LogP contribution < -0.4 is 9.95 Å². The maximum Gasteiger partial charge on any atom is 0.147 e. The van der Waals surface area contributed by atoms with Crippen molar-refractivity contribution in [2.24, 2.45) is 0 Å². The summed E-state index contributed by atoms with van der Waals surface area (Å²) in [6.07, 6.45) is 1.18. The van der Waals surface area contributed by atoms with Gasteiger partial charge in [0.25, 0.3) is 0 Å². The summed E-state index contributed by atoms with van der Waals surface area (Å²) in [5, 5.41) is 26.0. The number of anilines is 1. The van der Waals surface area contributed by atoms with Gasteiger partial charge in [-0.3, -0.25) is 5.43 Å². The number of allylic oxidation sites excluding steroid dienone is 1. The van der Waals surface area contributed by atoms with Gasteiger partial charge in [-0.05, 0) is 24.6 Å². The molecular formula is C12H8ClN5. The van der Waals surface area contributed by atoms with Crippen LogP contribution >= 0.6 is 11.8 Å². The Morgan fingerprint density at radius 3 is 2.56 bits per heavy atom. The number of hydrogen-bond donors (Lipinski definition) is 1. The summed E-state index contributed by atoms with van der Waals surface area (Å²) in [6, 6.07) is 10.5. The van der Waals surface area contributed by atoms with Crippen molar-refractivity contribution in [3.8, 4) is 18.2 Å². The lowest BCUT2D eigenvalue weighted by atomic mass is 10.1. The number of rotatable bonds is 3. The van der Waals surface area contributed by atoms with Crippen molar-refractivity contribution in [3.63, 3.8) is 0 Å². The van der Waals surface area contributed by atoms with Crippen LogP contribution in [0, 0.1) is 40.9 Å². The normalized spacial score (nSPS) is 8.39. The highest BCUT2D eigenvalue weighted by atomic mass is 35.5. The summed E-state index contributed by atoms with van der Waals surface area (Å²) >= 11 is 5.89. The van der Waals surface area contributed by atoms with Crippen LogP contribution in [0.5, 0.6) is 0 Å². The molecule has 1 aromatic rings. The van der Waals surface area contributed by atoms with Crippen molar-refractivity contribution in [1.29, 1.82) is 15.8 Å². The van der Waals surface area contributed by atoms with Crippen LogP contribution in [0.4, 0.5) is 5.69 Å². The fourth-order valence-corrected chi connectivity index (χ4v) is 1.29. The number of nitriles is 3. The van der Waals surface area contributed by atoms with Gasteiger partial charge in [0.15, 0.2) is 0 Å². The summed E-state index contributed by atoms with van der Waals surface area (Å²) in [7, 11) is 0. The first-order chi connectivity index (χ1) is 8.62. The van der Waals surface area contributed by atoms with E-state index in [-0.39, 0.29) is 5.57 Å². The van der Waals surface area contributed by atoms with Gasteiger partial charge in [-0.15, -0.1) is 0 Å². The molecule has 0 bridgehead atoms. The first-order valence-corrected chi connectivity index (χ1v) is 5.19. The van der Waals surface area contributed by atoms with Crippen LogP contribution in [-0.4, -0.2) is 0 Å². The Morgan fingerprint density at radius 2 is 2.00 bits per heavy atom. The van der Waals surface area contributed by atoms with E-state index in [9.17, 15) is 0 Å². The van der Waals surface area contributed by atoms with E-state index < -0.39 is 0 Å². The Labute approximate surface area is 110 Å². The predicted molar refractivity (Wildman–Crippen MR) is 66.7 cm³/mol. The molecule has 1 aromatic carbocycles. The van der Waals surface area contributed by atoms with Crippen LogP contribution in [0.2, 0.25) is 0 Å². The Morgan fingerprint density at radius 1 is 1.33 bits per heavy atom. The smallest absolute Gasteiger partial charge is 0.147 e. The topological polar surface area (TPSA) is 86.6 Å². The highest BCUT2D eigenvalue weighted by molar-refractivity contribution is 6.25.